The number of carbonyl (C=O) groups is 1. The first-order valence-corrected chi connectivity index (χ1v) is 10.9. The van der Waals surface area contributed by atoms with Crippen LogP contribution >= 0.6 is 0 Å². The van der Waals surface area contributed by atoms with Crippen molar-refractivity contribution in [2.75, 3.05) is 19.9 Å². The zero-order chi connectivity index (χ0) is 22.8. The predicted octanol–water partition coefficient (Wildman–Crippen LogP) is 3.24. The van der Waals surface area contributed by atoms with Crippen LogP contribution in [-0.4, -0.2) is 40.2 Å². The molecule has 33 heavy (non-hydrogen) atoms. The molecule has 0 aliphatic carbocycles. The summed E-state index contributed by atoms with van der Waals surface area (Å²) in [6, 6.07) is 16.0. The van der Waals surface area contributed by atoms with Crippen LogP contribution in [0.15, 0.2) is 60.8 Å². The van der Waals surface area contributed by atoms with Crippen LogP contribution in [-0.2, 0) is 17.9 Å². The Bertz CT molecular complexity index is 1190. The van der Waals surface area contributed by atoms with E-state index in [1.807, 2.05) is 42.6 Å². The topological polar surface area (TPSA) is 98.9 Å². The fraction of sp³-hybridized carbons (Fsp3) is 0.292. The average Bonchev–Trinajstić information content (AvgIpc) is 3.44. The number of nitrogens with one attached hydrogen (secondary N) is 1. The molecule has 9 nitrogen and oxygen atoms in total. The van der Waals surface area contributed by atoms with E-state index in [2.05, 4.69) is 14.8 Å². The third kappa shape index (κ3) is 4.40. The van der Waals surface area contributed by atoms with Gasteiger partial charge in [0.25, 0.3) is 5.69 Å². The molecule has 2 aliphatic heterocycles. The number of nitro groups is 1. The molecule has 1 unspecified atom stereocenters. The maximum Gasteiger partial charge on any atom is 0.269 e. The molecule has 1 aromatic heterocycles. The molecule has 5 rings (SSSR count). The summed E-state index contributed by atoms with van der Waals surface area (Å²) < 4.78 is 12.9. The minimum absolute atomic E-state index is 0.0436. The van der Waals surface area contributed by atoms with E-state index < -0.39 is 0 Å². The Hall–Kier alpha value is -3.85. The zero-order valence-electron chi connectivity index (χ0n) is 18.0. The highest BCUT2D eigenvalue weighted by Gasteiger charge is 2.29. The summed E-state index contributed by atoms with van der Waals surface area (Å²) in [5.74, 6) is 1.28. The van der Waals surface area contributed by atoms with Gasteiger partial charge in [-0.15, -0.1) is 0 Å². The maximum atomic E-state index is 12.9. The van der Waals surface area contributed by atoms with Gasteiger partial charge in [0, 0.05) is 43.7 Å². The molecule has 1 atom stereocenters. The summed E-state index contributed by atoms with van der Waals surface area (Å²) in [5.41, 5.74) is 2.79. The Labute approximate surface area is 190 Å². The minimum atomic E-state index is -0.387. The largest absolute Gasteiger partial charge is 0.454 e. The van der Waals surface area contributed by atoms with Crippen molar-refractivity contribution in [2.45, 2.75) is 25.6 Å². The molecule has 0 fully saturated rings. The molecule has 2 aliphatic rings. The monoisotopic (exact) mass is 448 g/mol. The van der Waals surface area contributed by atoms with E-state index in [0.717, 1.165) is 29.8 Å². The third-order valence-electron chi connectivity index (χ3n) is 6.02. The number of fused-ring (bicyclic) bond motifs is 2. The number of ether oxygens (including phenoxy) is 2. The second-order valence-electron chi connectivity index (χ2n) is 8.17. The number of nitro benzene ring substituents is 1. The van der Waals surface area contributed by atoms with Crippen LogP contribution in [0.4, 0.5) is 5.69 Å². The van der Waals surface area contributed by atoms with Gasteiger partial charge in [0.05, 0.1) is 17.5 Å². The first-order chi connectivity index (χ1) is 16.1. The number of hydrogen-bond donors (Lipinski definition) is 1. The number of rotatable bonds is 6. The fourth-order valence-electron chi connectivity index (χ4n) is 4.49. The van der Waals surface area contributed by atoms with Crippen molar-refractivity contribution >= 4 is 11.6 Å². The predicted molar refractivity (Wildman–Crippen MR) is 120 cm³/mol. The number of nitrogens with zero attached hydrogens (tertiary/aromatic N) is 3. The Morgan fingerprint density at radius 2 is 1.97 bits per heavy atom. The minimum Gasteiger partial charge on any atom is -0.454 e. The molecule has 3 heterocycles. The van der Waals surface area contributed by atoms with Crippen LogP contribution in [0.3, 0.4) is 0 Å². The molecule has 0 radical (unpaired) electrons. The molecular formula is C24H24N4O5. The number of aryl methyl sites for hydroxylation is 1. The highest BCUT2D eigenvalue weighted by molar-refractivity contribution is 5.78. The van der Waals surface area contributed by atoms with Crippen LogP contribution in [0, 0.1) is 10.1 Å². The Balaban J connectivity index is 1.34. The second kappa shape index (κ2) is 8.95. The van der Waals surface area contributed by atoms with Gasteiger partial charge in [0.2, 0.25) is 12.7 Å². The normalized spacial score (nSPS) is 17.3. The zero-order valence-corrected chi connectivity index (χ0v) is 18.0. The van der Waals surface area contributed by atoms with Crippen molar-refractivity contribution in [1.29, 1.82) is 0 Å². The number of benzene rings is 2. The van der Waals surface area contributed by atoms with Crippen molar-refractivity contribution in [3.63, 3.8) is 0 Å². The van der Waals surface area contributed by atoms with Crippen LogP contribution in [0.25, 0.3) is 0 Å². The molecule has 3 aromatic rings. The standard InChI is InChI=1S/C24H24N4O5/c29-23(25-14-17-7-8-21-22(12-17)33-16-32-21)15-27-11-3-10-26-9-2-6-20(26)24(27)18-4-1-5-19(13-18)28(30)31/h1-2,4-9,12-13,24H,3,10-11,14-16H2,(H,25,29). The van der Waals surface area contributed by atoms with Crippen LogP contribution in [0.2, 0.25) is 0 Å². The van der Waals surface area contributed by atoms with Gasteiger partial charge in [-0.1, -0.05) is 18.2 Å². The van der Waals surface area contributed by atoms with Crippen LogP contribution < -0.4 is 14.8 Å². The summed E-state index contributed by atoms with van der Waals surface area (Å²) >= 11 is 0. The highest BCUT2D eigenvalue weighted by Crippen LogP contribution is 2.34. The molecule has 0 saturated carbocycles. The summed E-state index contributed by atoms with van der Waals surface area (Å²) in [6.07, 6.45) is 2.89. The van der Waals surface area contributed by atoms with Gasteiger partial charge in [-0.2, -0.15) is 0 Å². The van der Waals surface area contributed by atoms with Gasteiger partial charge >= 0.3 is 0 Å². The number of carbonyl (C=O) groups excluding carboxylic acids is 1. The Kier molecular flexibility index (Phi) is 5.70. The van der Waals surface area contributed by atoms with Crippen molar-refractivity contribution in [3.8, 4) is 11.5 Å². The highest BCUT2D eigenvalue weighted by atomic mass is 16.7. The molecule has 9 heteroatoms. The Morgan fingerprint density at radius 3 is 2.85 bits per heavy atom. The van der Waals surface area contributed by atoms with Crippen molar-refractivity contribution in [3.05, 3.63) is 87.7 Å². The molecular weight excluding hydrogens is 424 g/mol. The van der Waals surface area contributed by atoms with E-state index in [0.29, 0.717) is 24.6 Å². The summed E-state index contributed by atoms with van der Waals surface area (Å²) in [5, 5.41) is 14.3. The van der Waals surface area contributed by atoms with Gasteiger partial charge in [0.15, 0.2) is 11.5 Å². The van der Waals surface area contributed by atoms with E-state index in [1.54, 1.807) is 12.1 Å². The van der Waals surface area contributed by atoms with Crippen LogP contribution in [0.5, 0.6) is 11.5 Å². The number of amides is 1. The van der Waals surface area contributed by atoms with Crippen molar-refractivity contribution < 1.29 is 19.2 Å². The summed E-state index contributed by atoms with van der Waals surface area (Å²) in [6.45, 7) is 2.31. The molecule has 1 amide bonds. The molecule has 0 spiro atoms. The number of aromatic nitrogens is 1. The molecule has 1 N–H and O–H groups in total. The van der Waals surface area contributed by atoms with E-state index in [4.69, 9.17) is 9.47 Å². The number of non-ortho nitro benzene ring substituents is 1. The Morgan fingerprint density at radius 1 is 1.09 bits per heavy atom. The lowest BCUT2D eigenvalue weighted by Gasteiger charge is -2.30. The maximum absolute atomic E-state index is 12.9. The molecule has 0 bridgehead atoms. The SMILES string of the molecule is O=C(CN1CCCn2cccc2C1c1cccc([N+](=O)[O-])c1)NCc1ccc2c(c1)OCO2. The lowest BCUT2D eigenvalue weighted by Crippen LogP contribution is -2.39. The molecule has 170 valence electrons. The van der Waals surface area contributed by atoms with Gasteiger partial charge in [-0.3, -0.25) is 19.8 Å². The quantitative estimate of drug-likeness (QED) is 0.459. The van der Waals surface area contributed by atoms with Gasteiger partial charge < -0.3 is 19.4 Å². The average molecular weight is 448 g/mol. The summed E-state index contributed by atoms with van der Waals surface area (Å²) in [7, 11) is 0. The van der Waals surface area contributed by atoms with E-state index >= 15 is 0 Å². The number of hydrogen-bond acceptors (Lipinski definition) is 6. The smallest absolute Gasteiger partial charge is 0.269 e. The third-order valence-corrected chi connectivity index (χ3v) is 6.02. The van der Waals surface area contributed by atoms with E-state index in [9.17, 15) is 14.9 Å². The van der Waals surface area contributed by atoms with Gasteiger partial charge in [0.1, 0.15) is 0 Å². The lowest BCUT2D eigenvalue weighted by molar-refractivity contribution is -0.384. The summed E-state index contributed by atoms with van der Waals surface area (Å²) in [4.78, 5) is 26.0. The fourth-order valence-corrected chi connectivity index (χ4v) is 4.49. The molecule has 0 saturated heterocycles. The first kappa shape index (κ1) is 21.0. The van der Waals surface area contributed by atoms with E-state index in [1.165, 1.54) is 6.07 Å². The first-order valence-electron chi connectivity index (χ1n) is 10.9. The molecule has 2 aromatic carbocycles. The van der Waals surface area contributed by atoms with Gasteiger partial charge in [-0.05, 0) is 41.8 Å². The van der Waals surface area contributed by atoms with E-state index in [-0.39, 0.29) is 35.9 Å². The van der Waals surface area contributed by atoms with Gasteiger partial charge in [-0.25, -0.2) is 0 Å². The lowest BCUT2D eigenvalue weighted by atomic mass is 10.0. The van der Waals surface area contributed by atoms with Crippen molar-refractivity contribution in [1.82, 2.24) is 14.8 Å². The van der Waals surface area contributed by atoms with Crippen molar-refractivity contribution in [2.24, 2.45) is 0 Å². The van der Waals surface area contributed by atoms with Crippen LogP contribution in [0.1, 0.15) is 29.3 Å². The second-order valence-corrected chi connectivity index (χ2v) is 8.17.